The summed E-state index contributed by atoms with van der Waals surface area (Å²) in [5.41, 5.74) is 1.43. The Kier molecular flexibility index (Phi) is 11.2. The highest BCUT2D eigenvalue weighted by Crippen LogP contribution is 2.40. The van der Waals surface area contributed by atoms with Gasteiger partial charge in [-0.3, -0.25) is 24.2 Å². The molecule has 1 aromatic carbocycles. The normalized spacial score (nSPS) is 24.9. The predicted molar refractivity (Wildman–Crippen MR) is 140 cm³/mol. The van der Waals surface area contributed by atoms with Crippen molar-refractivity contribution in [2.45, 2.75) is 56.4 Å². The zero-order valence-electron chi connectivity index (χ0n) is 19.7. The van der Waals surface area contributed by atoms with Gasteiger partial charge < -0.3 is 5.11 Å². The molecule has 1 aliphatic carbocycles. The summed E-state index contributed by atoms with van der Waals surface area (Å²) in [7, 11) is 0. The van der Waals surface area contributed by atoms with Gasteiger partial charge in [0, 0.05) is 43.3 Å². The van der Waals surface area contributed by atoms with Gasteiger partial charge in [0.25, 0.3) is 0 Å². The lowest BCUT2D eigenvalue weighted by Gasteiger charge is -2.38. The highest BCUT2D eigenvalue weighted by Gasteiger charge is 2.41. The van der Waals surface area contributed by atoms with E-state index in [1.165, 1.54) is 17.8 Å². The van der Waals surface area contributed by atoms with Crippen molar-refractivity contribution in [1.82, 2.24) is 9.80 Å². The number of thioether (sulfide) groups is 1. The fourth-order valence-corrected chi connectivity index (χ4v) is 5.96. The number of nitrogens with zero attached hydrogens (tertiary/aromatic N) is 2. The van der Waals surface area contributed by atoms with Gasteiger partial charge >= 0.3 is 5.97 Å². The molecule has 0 spiro atoms. The van der Waals surface area contributed by atoms with E-state index >= 15 is 0 Å². The van der Waals surface area contributed by atoms with Crippen molar-refractivity contribution in [2.75, 3.05) is 26.2 Å². The third kappa shape index (κ3) is 7.29. The Labute approximate surface area is 222 Å². The minimum atomic E-state index is -0.805. The molecular formula is C25H33Cl2FN2O4S. The van der Waals surface area contributed by atoms with Crippen LogP contribution in [0.3, 0.4) is 0 Å². The van der Waals surface area contributed by atoms with Crippen molar-refractivity contribution in [1.29, 1.82) is 0 Å². The van der Waals surface area contributed by atoms with E-state index in [0.29, 0.717) is 38.0 Å². The first kappa shape index (κ1) is 29.8. The topological polar surface area (TPSA) is 77.9 Å². The number of hydrogen-bond donors (Lipinski definition) is 1. The van der Waals surface area contributed by atoms with Crippen molar-refractivity contribution in [3.63, 3.8) is 0 Å². The molecule has 35 heavy (non-hydrogen) atoms. The van der Waals surface area contributed by atoms with Crippen LogP contribution in [0.2, 0.25) is 0 Å². The van der Waals surface area contributed by atoms with Gasteiger partial charge in [0.15, 0.2) is 10.9 Å². The van der Waals surface area contributed by atoms with Gasteiger partial charge in [0.2, 0.25) is 0 Å². The summed E-state index contributed by atoms with van der Waals surface area (Å²) in [5, 5.41) is 9.50. The number of carboxylic acid groups (broad SMARTS) is 1. The average Bonchev–Trinajstić information content (AvgIpc) is 3.52. The zero-order chi connectivity index (χ0) is 23.5. The average molecular weight is 548 g/mol. The molecule has 3 atom stereocenters. The van der Waals surface area contributed by atoms with Gasteiger partial charge in [-0.15, -0.1) is 24.8 Å². The van der Waals surface area contributed by atoms with E-state index in [-0.39, 0.29) is 52.7 Å². The minimum absolute atomic E-state index is 0. The maximum absolute atomic E-state index is 14.8. The maximum atomic E-state index is 14.8. The highest BCUT2D eigenvalue weighted by atomic mass is 35.5. The molecule has 2 saturated heterocycles. The Morgan fingerprint density at radius 2 is 1.86 bits per heavy atom. The summed E-state index contributed by atoms with van der Waals surface area (Å²) in [4.78, 5) is 40.7. The standard InChI is InChI=1S/C25H31FN2O4S.2ClH/c1-16(29)33-22-11-14-28(15-18(22)10-13-27-12-4-7-21(27)25(31)32)23(24(30)17-8-9-17)19-5-2-3-6-20(19)26;;/h2-3,5-6,10,17,21-23H,4,7-9,11-15H2,1H3,(H,31,32);2*1H/t21-,22?,23?;;/m0../s1. The van der Waals surface area contributed by atoms with Gasteiger partial charge in [-0.05, 0) is 50.3 Å². The van der Waals surface area contributed by atoms with Crippen LogP contribution in [-0.2, 0) is 14.4 Å². The van der Waals surface area contributed by atoms with Gasteiger partial charge in [-0.1, -0.05) is 36.0 Å². The van der Waals surface area contributed by atoms with Crippen molar-refractivity contribution < 1.29 is 23.9 Å². The molecule has 1 aromatic rings. The van der Waals surface area contributed by atoms with E-state index in [9.17, 15) is 23.9 Å². The summed E-state index contributed by atoms with van der Waals surface area (Å²) in [6, 6.07) is 5.37. The molecule has 0 radical (unpaired) electrons. The zero-order valence-corrected chi connectivity index (χ0v) is 22.2. The van der Waals surface area contributed by atoms with Crippen LogP contribution in [0.5, 0.6) is 0 Å². The molecule has 10 heteroatoms. The van der Waals surface area contributed by atoms with Gasteiger partial charge in [-0.2, -0.15) is 0 Å². The van der Waals surface area contributed by atoms with E-state index < -0.39 is 18.1 Å². The molecule has 1 saturated carbocycles. The van der Waals surface area contributed by atoms with Crippen LogP contribution in [-0.4, -0.2) is 69.2 Å². The number of ketones is 1. The Balaban J connectivity index is 0.00000216. The largest absolute Gasteiger partial charge is 0.480 e. The molecule has 2 aliphatic heterocycles. The maximum Gasteiger partial charge on any atom is 0.320 e. The molecule has 3 aliphatic rings. The third-order valence-corrected chi connectivity index (χ3v) is 7.99. The van der Waals surface area contributed by atoms with Crippen molar-refractivity contribution in [3.05, 3.63) is 47.3 Å². The lowest BCUT2D eigenvalue weighted by Crippen LogP contribution is -2.43. The number of aliphatic carboxylic acids is 1. The molecular weight excluding hydrogens is 514 g/mol. The number of piperidine rings is 1. The molecule has 0 bridgehead atoms. The van der Waals surface area contributed by atoms with E-state index in [0.717, 1.165) is 31.4 Å². The number of halogens is 3. The second-order valence-corrected chi connectivity index (χ2v) is 10.6. The van der Waals surface area contributed by atoms with Crippen LogP contribution in [0.25, 0.3) is 0 Å². The smallest absolute Gasteiger partial charge is 0.320 e. The Morgan fingerprint density at radius 3 is 2.49 bits per heavy atom. The first-order chi connectivity index (χ1) is 15.8. The molecule has 194 valence electrons. The van der Waals surface area contributed by atoms with Crippen LogP contribution in [0.4, 0.5) is 4.39 Å². The number of rotatable bonds is 8. The summed E-state index contributed by atoms with van der Waals surface area (Å²) in [6.07, 6.45) is 5.92. The number of carbonyl (C=O) groups excluding carboxylic acids is 2. The fraction of sp³-hybridized carbons (Fsp3) is 0.560. The Bertz CT molecular complexity index is 959. The van der Waals surface area contributed by atoms with Gasteiger partial charge in [-0.25, -0.2) is 4.39 Å². The molecule has 3 fully saturated rings. The Morgan fingerprint density at radius 1 is 1.14 bits per heavy atom. The van der Waals surface area contributed by atoms with Crippen LogP contribution in [0.1, 0.15) is 50.6 Å². The molecule has 2 heterocycles. The van der Waals surface area contributed by atoms with Crippen molar-refractivity contribution in [2.24, 2.45) is 5.92 Å². The summed E-state index contributed by atoms with van der Waals surface area (Å²) < 4.78 is 14.8. The van der Waals surface area contributed by atoms with E-state index in [4.69, 9.17) is 0 Å². The van der Waals surface area contributed by atoms with E-state index in [1.54, 1.807) is 25.1 Å². The van der Waals surface area contributed by atoms with Crippen molar-refractivity contribution in [3.8, 4) is 0 Å². The van der Waals surface area contributed by atoms with Gasteiger partial charge in [0.05, 0.1) is 6.04 Å². The second-order valence-electron chi connectivity index (χ2n) is 9.23. The molecule has 4 rings (SSSR count). The Hall–Kier alpha value is -1.45. The minimum Gasteiger partial charge on any atom is -0.480 e. The number of Topliss-reactive ketones (excluding diaryl/α,β-unsaturated/α-hetero) is 1. The SMILES string of the molecule is CC(=O)SC1CCN(C(C(=O)C2CC2)c2ccccc2F)CC1=CCN1CCC[C@H]1C(=O)O.Cl.Cl. The lowest BCUT2D eigenvalue weighted by molar-refractivity contribution is -0.142. The molecule has 0 amide bonds. The van der Waals surface area contributed by atoms with Crippen LogP contribution < -0.4 is 0 Å². The quantitative estimate of drug-likeness (QED) is 0.480. The number of hydrogen-bond acceptors (Lipinski definition) is 6. The number of carbonyl (C=O) groups is 3. The van der Waals surface area contributed by atoms with Crippen LogP contribution in [0.15, 0.2) is 35.9 Å². The predicted octanol–water partition coefficient (Wildman–Crippen LogP) is 4.52. The molecule has 2 unspecified atom stereocenters. The van der Waals surface area contributed by atoms with Crippen molar-refractivity contribution >= 4 is 53.4 Å². The first-order valence-electron chi connectivity index (χ1n) is 11.7. The third-order valence-electron chi connectivity index (χ3n) is 6.84. The van der Waals surface area contributed by atoms with Crippen LogP contribution >= 0.6 is 36.6 Å². The van der Waals surface area contributed by atoms with Gasteiger partial charge in [0.1, 0.15) is 11.9 Å². The fourth-order valence-electron chi connectivity index (χ4n) is 5.01. The second kappa shape index (κ2) is 13.2. The highest BCUT2D eigenvalue weighted by molar-refractivity contribution is 8.14. The molecule has 6 nitrogen and oxygen atoms in total. The van der Waals surface area contributed by atoms with E-state index in [2.05, 4.69) is 0 Å². The number of likely N-dealkylation sites (tertiary alicyclic amines) is 2. The lowest BCUT2D eigenvalue weighted by atomic mass is 9.93. The monoisotopic (exact) mass is 546 g/mol. The molecule has 1 N–H and O–H groups in total. The summed E-state index contributed by atoms with van der Waals surface area (Å²) >= 11 is 1.29. The first-order valence-corrected chi connectivity index (χ1v) is 12.6. The molecule has 0 aromatic heterocycles. The number of benzene rings is 1. The number of carboxylic acids is 1. The summed E-state index contributed by atoms with van der Waals surface area (Å²) in [6.45, 7) is 3.84. The van der Waals surface area contributed by atoms with Crippen LogP contribution in [0, 0.1) is 11.7 Å². The van der Waals surface area contributed by atoms with E-state index in [1.807, 2.05) is 15.9 Å². The summed E-state index contributed by atoms with van der Waals surface area (Å²) in [5.74, 6) is -1.11.